The molecule has 5 N–H and O–H groups in total. The lowest BCUT2D eigenvalue weighted by Gasteiger charge is -2.20. The van der Waals surface area contributed by atoms with E-state index in [1.54, 1.807) is 0 Å². The van der Waals surface area contributed by atoms with Gasteiger partial charge in [-0.15, -0.1) is 0 Å². The van der Waals surface area contributed by atoms with Crippen LogP contribution < -0.4 is 11.5 Å². The molecule has 0 aliphatic carbocycles. The number of aliphatic hydroxyl groups is 1. The molecule has 21 heavy (non-hydrogen) atoms. The number of benzene rings is 1. The van der Waals surface area contributed by atoms with E-state index < -0.39 is 0 Å². The molecule has 0 saturated carbocycles. The molecule has 2 atom stereocenters. The zero-order valence-electron chi connectivity index (χ0n) is 13.3. The summed E-state index contributed by atoms with van der Waals surface area (Å²) in [7, 11) is 0. The monoisotopic (exact) mass is 291 g/mol. The standard InChI is InChI=1S/C17H29N3O/c1-3-6-14(11-16(21)7-4-2)15-9-5-8-13(10-15)12-20-17(18)19/h5,8-10,14,16,21H,3-4,6-7,11-12H2,1-2H3,(H4,18,19,20)/t14?,16-/m0/s1. The topological polar surface area (TPSA) is 84.6 Å². The Morgan fingerprint density at radius 3 is 2.52 bits per heavy atom. The van der Waals surface area contributed by atoms with Crippen molar-refractivity contribution in [2.75, 3.05) is 0 Å². The third-order valence-corrected chi connectivity index (χ3v) is 3.68. The molecule has 0 aliphatic rings. The predicted molar refractivity (Wildman–Crippen MR) is 89.1 cm³/mol. The highest BCUT2D eigenvalue weighted by Crippen LogP contribution is 2.28. The molecule has 4 heteroatoms. The molecule has 0 saturated heterocycles. The second-order valence-corrected chi connectivity index (χ2v) is 5.65. The average Bonchev–Trinajstić information content (AvgIpc) is 2.45. The lowest BCUT2D eigenvalue weighted by Crippen LogP contribution is -2.22. The van der Waals surface area contributed by atoms with E-state index in [-0.39, 0.29) is 12.1 Å². The molecule has 1 aromatic carbocycles. The van der Waals surface area contributed by atoms with E-state index in [1.807, 2.05) is 12.1 Å². The Balaban J connectivity index is 2.81. The van der Waals surface area contributed by atoms with Crippen LogP contribution in [0.5, 0.6) is 0 Å². The van der Waals surface area contributed by atoms with Crippen molar-refractivity contribution >= 4 is 5.96 Å². The van der Waals surface area contributed by atoms with E-state index in [4.69, 9.17) is 11.5 Å². The molecule has 0 bridgehead atoms. The van der Waals surface area contributed by atoms with Crippen LogP contribution in [0.1, 0.15) is 63.0 Å². The number of nitrogens with zero attached hydrogens (tertiary/aromatic N) is 1. The van der Waals surface area contributed by atoms with Crippen LogP contribution in [-0.4, -0.2) is 17.2 Å². The number of hydrogen-bond donors (Lipinski definition) is 3. The maximum atomic E-state index is 10.1. The Kier molecular flexibility index (Phi) is 7.83. The van der Waals surface area contributed by atoms with Gasteiger partial charge in [0.25, 0.3) is 0 Å². The van der Waals surface area contributed by atoms with E-state index in [1.165, 1.54) is 5.56 Å². The minimum Gasteiger partial charge on any atom is -0.393 e. The van der Waals surface area contributed by atoms with Crippen molar-refractivity contribution in [1.82, 2.24) is 0 Å². The lowest BCUT2D eigenvalue weighted by molar-refractivity contribution is 0.142. The molecule has 4 nitrogen and oxygen atoms in total. The van der Waals surface area contributed by atoms with Crippen molar-refractivity contribution in [2.24, 2.45) is 16.5 Å². The first-order valence-corrected chi connectivity index (χ1v) is 7.89. The fourth-order valence-electron chi connectivity index (χ4n) is 2.68. The minimum atomic E-state index is -0.215. The van der Waals surface area contributed by atoms with Gasteiger partial charge in [-0.05, 0) is 36.3 Å². The molecule has 0 aromatic heterocycles. The van der Waals surface area contributed by atoms with Crippen LogP contribution >= 0.6 is 0 Å². The Morgan fingerprint density at radius 1 is 1.19 bits per heavy atom. The van der Waals surface area contributed by atoms with Gasteiger partial charge < -0.3 is 16.6 Å². The highest BCUT2D eigenvalue weighted by molar-refractivity contribution is 5.75. The van der Waals surface area contributed by atoms with Gasteiger partial charge in [0.15, 0.2) is 5.96 Å². The van der Waals surface area contributed by atoms with Crippen LogP contribution in [0.15, 0.2) is 29.3 Å². The zero-order valence-corrected chi connectivity index (χ0v) is 13.3. The van der Waals surface area contributed by atoms with Crippen molar-refractivity contribution in [3.8, 4) is 0 Å². The van der Waals surface area contributed by atoms with Crippen LogP contribution in [0.25, 0.3) is 0 Å². The number of guanidine groups is 1. The van der Waals surface area contributed by atoms with Crippen LogP contribution in [0.4, 0.5) is 0 Å². The highest BCUT2D eigenvalue weighted by atomic mass is 16.3. The summed E-state index contributed by atoms with van der Waals surface area (Å²) in [4.78, 5) is 4.05. The van der Waals surface area contributed by atoms with Crippen LogP contribution in [-0.2, 0) is 6.54 Å². The van der Waals surface area contributed by atoms with E-state index in [9.17, 15) is 5.11 Å². The number of aliphatic hydroxyl groups excluding tert-OH is 1. The van der Waals surface area contributed by atoms with Crippen LogP contribution in [0.3, 0.4) is 0 Å². The summed E-state index contributed by atoms with van der Waals surface area (Å²) in [5.74, 6) is 0.514. The third-order valence-electron chi connectivity index (χ3n) is 3.68. The second-order valence-electron chi connectivity index (χ2n) is 5.65. The second kappa shape index (κ2) is 9.40. The van der Waals surface area contributed by atoms with E-state index in [2.05, 4.69) is 31.0 Å². The van der Waals surface area contributed by atoms with Gasteiger partial charge in [-0.25, -0.2) is 4.99 Å². The molecule has 0 radical (unpaired) electrons. The average molecular weight is 291 g/mol. The molecule has 1 aromatic rings. The fraction of sp³-hybridized carbons (Fsp3) is 0.588. The van der Waals surface area contributed by atoms with Gasteiger partial charge in [-0.1, -0.05) is 51.0 Å². The third kappa shape index (κ3) is 6.63. The Bertz CT molecular complexity index is 441. The number of rotatable bonds is 9. The Morgan fingerprint density at radius 2 is 1.90 bits per heavy atom. The van der Waals surface area contributed by atoms with E-state index >= 15 is 0 Å². The quantitative estimate of drug-likeness (QED) is 0.483. The van der Waals surface area contributed by atoms with Crippen molar-refractivity contribution in [3.63, 3.8) is 0 Å². The molecule has 1 rings (SSSR count). The zero-order chi connectivity index (χ0) is 15.7. The van der Waals surface area contributed by atoms with Gasteiger partial charge in [-0.2, -0.15) is 0 Å². The molecule has 0 heterocycles. The largest absolute Gasteiger partial charge is 0.393 e. The first-order valence-electron chi connectivity index (χ1n) is 7.89. The van der Waals surface area contributed by atoms with Crippen molar-refractivity contribution < 1.29 is 5.11 Å². The van der Waals surface area contributed by atoms with Gasteiger partial charge in [0.2, 0.25) is 0 Å². The normalized spacial score (nSPS) is 13.7. The summed E-state index contributed by atoms with van der Waals surface area (Å²) in [5, 5.41) is 10.1. The van der Waals surface area contributed by atoms with E-state index in [0.717, 1.165) is 37.7 Å². The van der Waals surface area contributed by atoms with Gasteiger partial charge in [-0.3, -0.25) is 0 Å². The van der Waals surface area contributed by atoms with Gasteiger partial charge in [0, 0.05) is 0 Å². The molecular formula is C17H29N3O. The molecule has 118 valence electrons. The van der Waals surface area contributed by atoms with Crippen molar-refractivity contribution in [3.05, 3.63) is 35.4 Å². The summed E-state index contributed by atoms with van der Waals surface area (Å²) < 4.78 is 0. The Hall–Kier alpha value is -1.55. The molecule has 0 aliphatic heterocycles. The summed E-state index contributed by atoms with van der Waals surface area (Å²) >= 11 is 0. The molecule has 0 fully saturated rings. The highest BCUT2D eigenvalue weighted by Gasteiger charge is 2.15. The van der Waals surface area contributed by atoms with Crippen LogP contribution in [0, 0.1) is 0 Å². The van der Waals surface area contributed by atoms with Gasteiger partial charge in [0.1, 0.15) is 0 Å². The summed E-state index contributed by atoms with van der Waals surface area (Å²) in [5.41, 5.74) is 13.1. The molecule has 1 unspecified atom stereocenters. The first kappa shape index (κ1) is 17.5. The molecular weight excluding hydrogens is 262 g/mol. The molecule has 0 spiro atoms. The SMILES string of the molecule is CCCC(C[C@@H](O)CCC)c1cccc(CN=C(N)N)c1. The summed E-state index contributed by atoms with van der Waals surface area (Å²) in [6.07, 6.45) is 4.70. The van der Waals surface area contributed by atoms with Gasteiger partial charge in [0.05, 0.1) is 12.6 Å². The maximum Gasteiger partial charge on any atom is 0.186 e. The fourth-order valence-corrected chi connectivity index (χ4v) is 2.68. The van der Waals surface area contributed by atoms with Crippen LogP contribution in [0.2, 0.25) is 0 Å². The van der Waals surface area contributed by atoms with E-state index in [0.29, 0.717) is 12.5 Å². The summed E-state index contributed by atoms with van der Waals surface area (Å²) in [6, 6.07) is 8.37. The molecule has 0 amide bonds. The number of nitrogens with two attached hydrogens (primary N) is 2. The summed E-state index contributed by atoms with van der Waals surface area (Å²) in [6.45, 7) is 4.79. The van der Waals surface area contributed by atoms with Crippen molar-refractivity contribution in [1.29, 1.82) is 0 Å². The first-order chi connectivity index (χ1) is 10.1. The smallest absolute Gasteiger partial charge is 0.186 e. The predicted octanol–water partition coefficient (Wildman–Crippen LogP) is 2.89. The van der Waals surface area contributed by atoms with Gasteiger partial charge >= 0.3 is 0 Å². The maximum absolute atomic E-state index is 10.1. The number of aliphatic imine (C=N–C) groups is 1. The number of hydrogen-bond acceptors (Lipinski definition) is 2. The lowest BCUT2D eigenvalue weighted by atomic mass is 9.87. The van der Waals surface area contributed by atoms with Crippen molar-refractivity contribution in [2.45, 2.75) is 64.5 Å². The minimum absolute atomic E-state index is 0.115. The Labute approximate surface area is 128 Å².